The summed E-state index contributed by atoms with van der Waals surface area (Å²) in [6, 6.07) is 1.83. The molecule has 1 aliphatic carbocycles. The molecule has 0 saturated carbocycles. The lowest BCUT2D eigenvalue weighted by Crippen LogP contribution is -2.09. The molecule has 0 radical (unpaired) electrons. The van der Waals surface area contributed by atoms with Crippen molar-refractivity contribution in [2.75, 3.05) is 23.8 Å². The van der Waals surface area contributed by atoms with Crippen LogP contribution in [0.2, 0.25) is 0 Å². The standard InChI is InChI=1S/C15H22N6O/c22-7-6-16-14-8-15(19-10-18-14)17-9-13-11-4-2-1-3-5-12(11)20-21-13/h8,10,22H,1-7,9H2,(H,20,21)(H2,16,17,18,19). The minimum atomic E-state index is 0.0756. The van der Waals surface area contributed by atoms with E-state index >= 15 is 0 Å². The van der Waals surface area contributed by atoms with Crippen molar-refractivity contribution in [1.29, 1.82) is 0 Å². The number of aliphatic hydroxyl groups excluding tert-OH is 1. The Morgan fingerprint density at radius 2 is 1.91 bits per heavy atom. The van der Waals surface area contributed by atoms with Gasteiger partial charge in [0.1, 0.15) is 18.0 Å². The molecule has 0 spiro atoms. The van der Waals surface area contributed by atoms with E-state index in [2.05, 4.69) is 30.8 Å². The summed E-state index contributed by atoms with van der Waals surface area (Å²) in [6.07, 6.45) is 7.49. The first-order valence-electron chi connectivity index (χ1n) is 7.82. The zero-order valence-corrected chi connectivity index (χ0v) is 12.6. The van der Waals surface area contributed by atoms with Gasteiger partial charge in [-0.15, -0.1) is 0 Å². The second-order valence-corrected chi connectivity index (χ2v) is 5.48. The van der Waals surface area contributed by atoms with E-state index in [-0.39, 0.29) is 6.61 Å². The van der Waals surface area contributed by atoms with Gasteiger partial charge >= 0.3 is 0 Å². The van der Waals surface area contributed by atoms with E-state index in [1.807, 2.05) is 6.07 Å². The quantitative estimate of drug-likeness (QED) is 0.603. The maximum absolute atomic E-state index is 8.83. The molecule has 0 saturated heterocycles. The highest BCUT2D eigenvalue weighted by atomic mass is 16.3. The first-order valence-corrected chi connectivity index (χ1v) is 7.82. The number of hydrogen-bond donors (Lipinski definition) is 4. The van der Waals surface area contributed by atoms with Crippen molar-refractivity contribution in [1.82, 2.24) is 20.2 Å². The first-order chi connectivity index (χ1) is 10.9. The van der Waals surface area contributed by atoms with Gasteiger partial charge in [-0.25, -0.2) is 9.97 Å². The summed E-state index contributed by atoms with van der Waals surface area (Å²) < 4.78 is 0. The number of fused-ring (bicyclic) bond motifs is 1. The van der Waals surface area contributed by atoms with Gasteiger partial charge in [0.25, 0.3) is 0 Å². The second-order valence-electron chi connectivity index (χ2n) is 5.48. The van der Waals surface area contributed by atoms with Gasteiger partial charge in [0, 0.05) is 18.3 Å². The van der Waals surface area contributed by atoms with Crippen LogP contribution in [0, 0.1) is 0 Å². The van der Waals surface area contributed by atoms with E-state index in [0.717, 1.165) is 24.4 Å². The number of aromatic nitrogens is 4. The summed E-state index contributed by atoms with van der Waals surface area (Å²) in [5.41, 5.74) is 3.75. The highest BCUT2D eigenvalue weighted by Gasteiger charge is 2.15. The van der Waals surface area contributed by atoms with Gasteiger partial charge in [-0.1, -0.05) is 6.42 Å². The van der Waals surface area contributed by atoms with Crippen LogP contribution in [0.3, 0.4) is 0 Å². The Balaban J connectivity index is 1.64. The molecule has 0 aromatic carbocycles. The predicted octanol–water partition coefficient (Wildman–Crippen LogP) is 1.48. The Bertz CT molecular complexity index is 612. The number of H-pyrrole nitrogens is 1. The molecule has 4 N–H and O–H groups in total. The number of aryl methyl sites for hydroxylation is 1. The SMILES string of the molecule is OCCNc1cc(NCc2n[nH]c3c2CCCCC3)ncn1. The normalized spacial score (nSPS) is 14.2. The molecule has 2 heterocycles. The molecule has 118 valence electrons. The summed E-state index contributed by atoms with van der Waals surface area (Å²) in [7, 11) is 0. The van der Waals surface area contributed by atoms with Gasteiger partial charge in [-0.2, -0.15) is 5.10 Å². The third-order valence-electron chi connectivity index (χ3n) is 3.91. The molecule has 2 aromatic rings. The van der Waals surface area contributed by atoms with Crippen molar-refractivity contribution in [3.8, 4) is 0 Å². The van der Waals surface area contributed by atoms with Crippen molar-refractivity contribution in [2.24, 2.45) is 0 Å². The van der Waals surface area contributed by atoms with Crippen molar-refractivity contribution in [2.45, 2.75) is 38.6 Å². The van der Waals surface area contributed by atoms with Gasteiger partial charge < -0.3 is 15.7 Å². The molecule has 3 rings (SSSR count). The van der Waals surface area contributed by atoms with Crippen LogP contribution in [-0.2, 0) is 19.4 Å². The molecule has 0 unspecified atom stereocenters. The molecular formula is C15H22N6O. The summed E-state index contributed by atoms with van der Waals surface area (Å²) in [6.45, 7) is 1.21. The van der Waals surface area contributed by atoms with Gasteiger partial charge in [0.15, 0.2) is 0 Å². The zero-order valence-electron chi connectivity index (χ0n) is 12.6. The zero-order chi connectivity index (χ0) is 15.2. The number of aliphatic hydroxyl groups is 1. The summed E-state index contributed by atoms with van der Waals surface area (Å²) >= 11 is 0. The fraction of sp³-hybridized carbons (Fsp3) is 0.533. The molecule has 1 aliphatic rings. The number of anilines is 2. The second kappa shape index (κ2) is 7.22. The van der Waals surface area contributed by atoms with Crippen LogP contribution in [0.5, 0.6) is 0 Å². The van der Waals surface area contributed by atoms with E-state index in [1.165, 1.54) is 36.8 Å². The number of hydrogen-bond acceptors (Lipinski definition) is 6. The Hall–Kier alpha value is -2.15. The lowest BCUT2D eigenvalue weighted by molar-refractivity contribution is 0.311. The minimum absolute atomic E-state index is 0.0756. The Morgan fingerprint density at radius 1 is 1.09 bits per heavy atom. The highest BCUT2D eigenvalue weighted by Crippen LogP contribution is 2.22. The number of nitrogens with one attached hydrogen (secondary N) is 3. The van der Waals surface area contributed by atoms with E-state index in [4.69, 9.17) is 5.11 Å². The van der Waals surface area contributed by atoms with Gasteiger partial charge in [0.2, 0.25) is 0 Å². The largest absolute Gasteiger partial charge is 0.395 e. The topological polar surface area (TPSA) is 98.8 Å². The molecule has 0 atom stereocenters. The van der Waals surface area contributed by atoms with E-state index in [0.29, 0.717) is 18.9 Å². The lowest BCUT2D eigenvalue weighted by Gasteiger charge is -2.08. The predicted molar refractivity (Wildman–Crippen MR) is 84.8 cm³/mol. The number of aromatic amines is 1. The van der Waals surface area contributed by atoms with E-state index in [1.54, 1.807) is 0 Å². The Labute approximate surface area is 129 Å². The molecule has 7 heteroatoms. The first kappa shape index (κ1) is 14.8. The monoisotopic (exact) mass is 302 g/mol. The smallest absolute Gasteiger partial charge is 0.131 e. The fourth-order valence-corrected chi connectivity index (χ4v) is 2.78. The minimum Gasteiger partial charge on any atom is -0.395 e. The van der Waals surface area contributed by atoms with E-state index in [9.17, 15) is 0 Å². The van der Waals surface area contributed by atoms with Crippen molar-refractivity contribution < 1.29 is 5.11 Å². The summed E-state index contributed by atoms with van der Waals surface area (Å²) in [5, 5.41) is 22.8. The molecule has 0 bridgehead atoms. The third kappa shape index (κ3) is 3.54. The summed E-state index contributed by atoms with van der Waals surface area (Å²) in [4.78, 5) is 8.32. The average molecular weight is 302 g/mol. The molecule has 22 heavy (non-hydrogen) atoms. The van der Waals surface area contributed by atoms with Crippen LogP contribution < -0.4 is 10.6 Å². The Morgan fingerprint density at radius 3 is 2.77 bits per heavy atom. The molecule has 2 aromatic heterocycles. The number of rotatable bonds is 6. The lowest BCUT2D eigenvalue weighted by atomic mass is 10.1. The van der Waals surface area contributed by atoms with E-state index < -0.39 is 0 Å². The average Bonchev–Trinajstić information content (AvgIpc) is 2.78. The fourth-order valence-electron chi connectivity index (χ4n) is 2.78. The Kier molecular flexibility index (Phi) is 4.85. The molecule has 0 fully saturated rings. The van der Waals surface area contributed by atoms with Crippen LogP contribution in [0.4, 0.5) is 11.6 Å². The summed E-state index contributed by atoms with van der Waals surface area (Å²) in [5.74, 6) is 1.45. The van der Waals surface area contributed by atoms with Crippen molar-refractivity contribution >= 4 is 11.6 Å². The van der Waals surface area contributed by atoms with Crippen molar-refractivity contribution in [3.05, 3.63) is 29.3 Å². The maximum Gasteiger partial charge on any atom is 0.131 e. The van der Waals surface area contributed by atoms with Gasteiger partial charge in [-0.05, 0) is 31.2 Å². The molecular weight excluding hydrogens is 280 g/mol. The van der Waals surface area contributed by atoms with Crippen molar-refractivity contribution in [3.63, 3.8) is 0 Å². The van der Waals surface area contributed by atoms with Crippen LogP contribution >= 0.6 is 0 Å². The van der Waals surface area contributed by atoms with Crippen LogP contribution in [-0.4, -0.2) is 38.4 Å². The van der Waals surface area contributed by atoms with Gasteiger partial charge in [-0.3, -0.25) is 5.10 Å². The molecule has 0 aliphatic heterocycles. The van der Waals surface area contributed by atoms with Gasteiger partial charge in [0.05, 0.1) is 18.8 Å². The third-order valence-corrected chi connectivity index (χ3v) is 3.91. The number of nitrogens with zero attached hydrogens (tertiary/aromatic N) is 3. The van der Waals surface area contributed by atoms with Crippen LogP contribution in [0.15, 0.2) is 12.4 Å². The molecule has 7 nitrogen and oxygen atoms in total. The highest BCUT2D eigenvalue weighted by molar-refractivity contribution is 5.46. The van der Waals surface area contributed by atoms with Crippen LogP contribution in [0.1, 0.15) is 36.2 Å². The van der Waals surface area contributed by atoms with Crippen LogP contribution in [0.25, 0.3) is 0 Å². The molecule has 0 amide bonds. The maximum atomic E-state index is 8.83.